The summed E-state index contributed by atoms with van der Waals surface area (Å²) >= 11 is 4.78. The number of nitrogens with one attached hydrogen (secondary N) is 1. The fourth-order valence-corrected chi connectivity index (χ4v) is 0.983. The molecule has 0 bridgehead atoms. The Morgan fingerprint density at radius 1 is 1.64 bits per heavy atom. The lowest BCUT2D eigenvalue weighted by Gasteiger charge is -2.08. The van der Waals surface area contributed by atoms with E-state index in [4.69, 9.17) is 18.0 Å². The van der Waals surface area contributed by atoms with Gasteiger partial charge in [0.25, 0.3) is 0 Å². The van der Waals surface area contributed by atoms with Crippen LogP contribution in [0, 0.1) is 5.92 Å². The molecule has 4 nitrogen and oxygen atoms in total. The van der Waals surface area contributed by atoms with Gasteiger partial charge in [-0.2, -0.15) is 0 Å². The number of aromatic nitrogens is 2. The fraction of sp³-hybridized carbons (Fsp3) is 0.444. The van der Waals surface area contributed by atoms with Crippen LogP contribution in [0.4, 0.5) is 5.82 Å². The second-order valence-corrected chi connectivity index (χ2v) is 3.84. The van der Waals surface area contributed by atoms with E-state index in [2.05, 4.69) is 29.1 Å². The third-order valence-electron chi connectivity index (χ3n) is 1.57. The predicted molar refractivity (Wildman–Crippen MR) is 61.2 cm³/mol. The molecule has 1 heterocycles. The van der Waals surface area contributed by atoms with E-state index in [0.717, 1.165) is 12.4 Å². The number of thiocarbonyl (C=S) groups is 1. The summed E-state index contributed by atoms with van der Waals surface area (Å²) in [5.74, 6) is 1.74. The highest BCUT2D eigenvalue weighted by molar-refractivity contribution is 7.80. The molecule has 0 unspecified atom stereocenters. The van der Waals surface area contributed by atoms with Gasteiger partial charge in [0.05, 0.1) is 0 Å². The molecule has 0 radical (unpaired) electrons. The molecule has 14 heavy (non-hydrogen) atoms. The van der Waals surface area contributed by atoms with Crippen LogP contribution >= 0.6 is 12.2 Å². The molecule has 1 rings (SSSR count). The maximum absolute atomic E-state index is 5.42. The van der Waals surface area contributed by atoms with E-state index in [-0.39, 0.29) is 4.99 Å². The summed E-state index contributed by atoms with van der Waals surface area (Å²) in [5, 5.41) is 3.17. The van der Waals surface area contributed by atoms with Crippen molar-refractivity contribution in [3.8, 4) is 0 Å². The van der Waals surface area contributed by atoms with Crippen molar-refractivity contribution in [1.82, 2.24) is 9.97 Å². The minimum Gasteiger partial charge on any atom is -0.387 e. The second kappa shape index (κ2) is 4.85. The fourth-order valence-electron chi connectivity index (χ4n) is 0.885. The predicted octanol–water partition coefficient (Wildman–Crippen LogP) is 1.18. The summed E-state index contributed by atoms with van der Waals surface area (Å²) in [5.41, 5.74) is 5.42. The quantitative estimate of drug-likeness (QED) is 0.731. The van der Waals surface area contributed by atoms with Gasteiger partial charge in [-0.1, -0.05) is 26.1 Å². The molecule has 0 aliphatic carbocycles. The average Bonchev–Trinajstić information content (AvgIpc) is 2.15. The van der Waals surface area contributed by atoms with E-state index in [9.17, 15) is 0 Å². The Balaban J connectivity index is 2.69. The highest BCUT2D eigenvalue weighted by Crippen LogP contribution is 2.03. The number of nitrogens with zero attached hydrogens (tertiary/aromatic N) is 2. The Kier molecular flexibility index (Phi) is 3.76. The standard InChI is InChI=1S/C9H14N4S/c1-6(2)5-12-7-3-4-11-9(13-7)8(10)14/h3-4,6H,5H2,1-2H3,(H2,10,14)(H,11,12,13). The Morgan fingerprint density at radius 2 is 2.36 bits per heavy atom. The zero-order chi connectivity index (χ0) is 10.6. The molecule has 0 aliphatic rings. The van der Waals surface area contributed by atoms with Crippen LogP contribution in [-0.4, -0.2) is 21.5 Å². The zero-order valence-electron chi connectivity index (χ0n) is 8.32. The van der Waals surface area contributed by atoms with E-state index < -0.39 is 0 Å². The minimum atomic E-state index is 0.221. The van der Waals surface area contributed by atoms with Crippen molar-refractivity contribution in [2.45, 2.75) is 13.8 Å². The first-order chi connectivity index (χ1) is 6.59. The first-order valence-electron chi connectivity index (χ1n) is 4.46. The lowest BCUT2D eigenvalue weighted by atomic mass is 10.2. The van der Waals surface area contributed by atoms with E-state index in [1.54, 1.807) is 12.3 Å². The first kappa shape index (κ1) is 10.8. The highest BCUT2D eigenvalue weighted by atomic mass is 32.1. The summed E-state index contributed by atoms with van der Waals surface area (Å²) in [6.07, 6.45) is 1.64. The van der Waals surface area contributed by atoms with Crippen molar-refractivity contribution in [3.05, 3.63) is 18.1 Å². The molecule has 1 aromatic heterocycles. The molecular formula is C9H14N4S. The zero-order valence-corrected chi connectivity index (χ0v) is 9.14. The van der Waals surface area contributed by atoms with Gasteiger partial charge in [0.1, 0.15) is 10.8 Å². The molecule has 5 heteroatoms. The minimum absolute atomic E-state index is 0.221. The molecule has 0 saturated carbocycles. The smallest absolute Gasteiger partial charge is 0.188 e. The molecule has 0 amide bonds. The van der Waals surface area contributed by atoms with Gasteiger partial charge in [-0.3, -0.25) is 0 Å². The Hall–Kier alpha value is -1.23. The maximum atomic E-state index is 5.42. The molecule has 76 valence electrons. The monoisotopic (exact) mass is 210 g/mol. The topological polar surface area (TPSA) is 63.8 Å². The van der Waals surface area contributed by atoms with Crippen molar-refractivity contribution in [2.24, 2.45) is 11.7 Å². The molecule has 0 aromatic carbocycles. The molecule has 1 aromatic rings. The number of nitrogens with two attached hydrogens (primary N) is 1. The largest absolute Gasteiger partial charge is 0.387 e. The molecule has 0 spiro atoms. The van der Waals surface area contributed by atoms with Gasteiger partial charge in [-0.05, 0) is 12.0 Å². The summed E-state index contributed by atoms with van der Waals surface area (Å²) in [7, 11) is 0. The SMILES string of the molecule is CC(C)CNc1ccnc(C(N)=S)n1. The van der Waals surface area contributed by atoms with E-state index in [1.807, 2.05) is 0 Å². The summed E-state index contributed by atoms with van der Waals surface area (Å²) < 4.78 is 0. The molecule has 0 aliphatic heterocycles. The normalized spacial score (nSPS) is 10.2. The molecular weight excluding hydrogens is 196 g/mol. The van der Waals surface area contributed by atoms with E-state index in [1.165, 1.54) is 0 Å². The summed E-state index contributed by atoms with van der Waals surface area (Å²) in [6.45, 7) is 5.12. The van der Waals surface area contributed by atoms with Crippen LogP contribution < -0.4 is 11.1 Å². The number of rotatable bonds is 4. The third kappa shape index (κ3) is 3.26. The van der Waals surface area contributed by atoms with Crippen molar-refractivity contribution in [1.29, 1.82) is 0 Å². The van der Waals surface area contributed by atoms with Crippen molar-refractivity contribution in [2.75, 3.05) is 11.9 Å². The van der Waals surface area contributed by atoms with Crippen LogP contribution in [0.25, 0.3) is 0 Å². The Labute approximate surface area is 88.9 Å². The van der Waals surface area contributed by atoms with Crippen LogP contribution in [-0.2, 0) is 0 Å². The summed E-state index contributed by atoms with van der Waals surface area (Å²) in [4.78, 5) is 8.33. The molecule has 0 atom stereocenters. The molecule has 3 N–H and O–H groups in total. The lowest BCUT2D eigenvalue weighted by Crippen LogP contribution is -2.16. The van der Waals surface area contributed by atoms with Gasteiger partial charge < -0.3 is 11.1 Å². The van der Waals surface area contributed by atoms with Crippen LogP contribution in [0.15, 0.2) is 12.3 Å². The van der Waals surface area contributed by atoms with Crippen LogP contribution in [0.3, 0.4) is 0 Å². The maximum Gasteiger partial charge on any atom is 0.188 e. The van der Waals surface area contributed by atoms with Gasteiger partial charge >= 0.3 is 0 Å². The van der Waals surface area contributed by atoms with Gasteiger partial charge in [-0.25, -0.2) is 9.97 Å². The van der Waals surface area contributed by atoms with E-state index in [0.29, 0.717) is 11.7 Å². The second-order valence-electron chi connectivity index (χ2n) is 3.40. The first-order valence-corrected chi connectivity index (χ1v) is 4.87. The number of hydrogen-bond donors (Lipinski definition) is 2. The Morgan fingerprint density at radius 3 is 2.93 bits per heavy atom. The van der Waals surface area contributed by atoms with Gasteiger partial charge in [-0.15, -0.1) is 0 Å². The van der Waals surface area contributed by atoms with Crippen molar-refractivity contribution < 1.29 is 0 Å². The Bertz CT molecular complexity index is 324. The van der Waals surface area contributed by atoms with Crippen molar-refractivity contribution in [3.63, 3.8) is 0 Å². The highest BCUT2D eigenvalue weighted by Gasteiger charge is 2.01. The third-order valence-corrected chi connectivity index (χ3v) is 1.75. The number of anilines is 1. The van der Waals surface area contributed by atoms with Gasteiger partial charge in [0.2, 0.25) is 0 Å². The number of hydrogen-bond acceptors (Lipinski definition) is 4. The lowest BCUT2D eigenvalue weighted by molar-refractivity contribution is 0.686. The van der Waals surface area contributed by atoms with Crippen LogP contribution in [0.2, 0.25) is 0 Å². The molecule has 0 saturated heterocycles. The van der Waals surface area contributed by atoms with Crippen LogP contribution in [0.5, 0.6) is 0 Å². The molecule has 0 fully saturated rings. The van der Waals surface area contributed by atoms with Gasteiger partial charge in [0.15, 0.2) is 5.82 Å². The van der Waals surface area contributed by atoms with Crippen LogP contribution in [0.1, 0.15) is 19.7 Å². The summed E-state index contributed by atoms with van der Waals surface area (Å²) in [6, 6.07) is 1.80. The van der Waals surface area contributed by atoms with Crippen molar-refractivity contribution >= 4 is 23.0 Å². The van der Waals surface area contributed by atoms with E-state index >= 15 is 0 Å². The average molecular weight is 210 g/mol. The van der Waals surface area contributed by atoms with Gasteiger partial charge in [0, 0.05) is 12.7 Å².